The van der Waals surface area contributed by atoms with Gasteiger partial charge in [0.15, 0.2) is 0 Å². The molecular formula is C28H31NO2. The summed E-state index contributed by atoms with van der Waals surface area (Å²) in [6, 6.07) is 29.7. The molecule has 0 saturated carbocycles. The number of nitrogens with zero attached hydrogens (tertiary/aromatic N) is 1. The highest BCUT2D eigenvalue weighted by molar-refractivity contribution is 5.70. The molecule has 0 N–H and O–H groups in total. The first-order chi connectivity index (χ1) is 15.2. The van der Waals surface area contributed by atoms with Gasteiger partial charge in [-0.2, -0.15) is 0 Å². The van der Waals surface area contributed by atoms with Crippen LogP contribution >= 0.6 is 0 Å². The van der Waals surface area contributed by atoms with Crippen LogP contribution in [0.4, 0.5) is 0 Å². The van der Waals surface area contributed by atoms with E-state index >= 15 is 0 Å². The van der Waals surface area contributed by atoms with Crippen LogP contribution in [0, 0.1) is 0 Å². The number of benzene rings is 3. The average Bonchev–Trinajstić information content (AvgIpc) is 2.84. The molecule has 160 valence electrons. The minimum Gasteiger partial charge on any atom is -0.489 e. The van der Waals surface area contributed by atoms with Gasteiger partial charge in [0.05, 0.1) is 6.10 Å². The second-order valence-electron chi connectivity index (χ2n) is 7.94. The molecule has 1 heterocycles. The van der Waals surface area contributed by atoms with Crippen molar-refractivity contribution in [1.29, 1.82) is 0 Å². The molecular weight excluding hydrogens is 382 g/mol. The minimum absolute atomic E-state index is 0.0704. The maximum atomic E-state index is 6.16. The third-order valence-corrected chi connectivity index (χ3v) is 5.93. The van der Waals surface area contributed by atoms with Gasteiger partial charge in [-0.05, 0) is 48.2 Å². The maximum absolute atomic E-state index is 6.16. The van der Waals surface area contributed by atoms with Crippen molar-refractivity contribution < 1.29 is 9.47 Å². The summed E-state index contributed by atoms with van der Waals surface area (Å²) in [7, 11) is 0. The van der Waals surface area contributed by atoms with E-state index < -0.39 is 0 Å². The minimum atomic E-state index is 0.0704. The summed E-state index contributed by atoms with van der Waals surface area (Å²) in [5, 5.41) is 0. The zero-order chi connectivity index (χ0) is 21.5. The molecule has 2 atom stereocenters. The number of rotatable bonds is 8. The van der Waals surface area contributed by atoms with Crippen molar-refractivity contribution in [2.75, 3.05) is 19.7 Å². The van der Waals surface area contributed by atoms with Gasteiger partial charge < -0.3 is 9.47 Å². The summed E-state index contributed by atoms with van der Waals surface area (Å²) in [6.45, 7) is 7.43. The lowest BCUT2D eigenvalue weighted by molar-refractivity contribution is 0.0558. The van der Waals surface area contributed by atoms with E-state index in [1.807, 2.05) is 18.2 Å². The molecule has 3 aromatic rings. The van der Waals surface area contributed by atoms with E-state index in [-0.39, 0.29) is 6.10 Å². The van der Waals surface area contributed by atoms with Gasteiger partial charge in [-0.15, -0.1) is 0 Å². The fourth-order valence-corrected chi connectivity index (χ4v) is 4.12. The molecule has 0 saturated heterocycles. The van der Waals surface area contributed by atoms with Crippen LogP contribution in [0.25, 0.3) is 5.57 Å². The monoisotopic (exact) mass is 413 g/mol. The molecule has 0 unspecified atom stereocenters. The van der Waals surface area contributed by atoms with Gasteiger partial charge in [-0.1, -0.05) is 78.9 Å². The average molecular weight is 414 g/mol. The lowest BCUT2D eigenvalue weighted by Gasteiger charge is -2.37. The van der Waals surface area contributed by atoms with Crippen LogP contribution in [-0.4, -0.2) is 30.7 Å². The van der Waals surface area contributed by atoms with Gasteiger partial charge in [0.2, 0.25) is 0 Å². The molecule has 4 rings (SSSR count). The Balaban J connectivity index is 1.45. The fraction of sp³-hybridized carbons (Fsp3) is 0.286. The first-order valence-electron chi connectivity index (χ1n) is 11.1. The fourth-order valence-electron chi connectivity index (χ4n) is 4.12. The van der Waals surface area contributed by atoms with Gasteiger partial charge >= 0.3 is 0 Å². The van der Waals surface area contributed by atoms with Crippen LogP contribution in [0.3, 0.4) is 0 Å². The Labute approximate surface area is 185 Å². The van der Waals surface area contributed by atoms with Crippen LogP contribution in [0.15, 0.2) is 91.0 Å². The van der Waals surface area contributed by atoms with Crippen LogP contribution in [0.5, 0.6) is 5.75 Å². The predicted octanol–water partition coefficient (Wildman–Crippen LogP) is 6.13. The molecule has 1 aliphatic heterocycles. The molecule has 3 aromatic carbocycles. The van der Waals surface area contributed by atoms with Crippen molar-refractivity contribution >= 4 is 5.57 Å². The van der Waals surface area contributed by atoms with Crippen LogP contribution < -0.4 is 4.74 Å². The molecule has 31 heavy (non-hydrogen) atoms. The van der Waals surface area contributed by atoms with Gasteiger partial charge in [0, 0.05) is 25.7 Å². The zero-order valence-corrected chi connectivity index (χ0v) is 18.4. The Morgan fingerprint density at radius 3 is 2.26 bits per heavy atom. The summed E-state index contributed by atoms with van der Waals surface area (Å²) in [4.78, 5) is 2.48. The summed E-state index contributed by atoms with van der Waals surface area (Å²) >= 11 is 0. The summed E-state index contributed by atoms with van der Waals surface area (Å²) in [5.41, 5.74) is 4.99. The largest absolute Gasteiger partial charge is 0.489 e. The summed E-state index contributed by atoms with van der Waals surface area (Å²) < 4.78 is 12.1. The smallest absolute Gasteiger partial charge is 0.119 e. The first-order valence-corrected chi connectivity index (χ1v) is 11.1. The number of ether oxygens (including phenoxy) is 2. The van der Waals surface area contributed by atoms with Crippen LogP contribution in [-0.2, 0) is 11.3 Å². The molecule has 1 aliphatic rings. The highest BCUT2D eigenvalue weighted by Crippen LogP contribution is 2.31. The standard InChI is InChI=1S/C28H31NO2/c1-3-30-28-20-29(22(2)24-12-8-5-9-13-24)19-18-27(28)25-14-16-26(17-15-25)31-21-23-10-6-4-7-11-23/h4-18,22,28H,3,19-21H2,1-2H3/t22-,28-/m1/s1. The van der Waals surface area contributed by atoms with E-state index in [2.05, 4.69) is 91.6 Å². The van der Waals surface area contributed by atoms with Crippen molar-refractivity contribution in [2.24, 2.45) is 0 Å². The van der Waals surface area contributed by atoms with Gasteiger partial charge in [0.1, 0.15) is 12.4 Å². The molecule has 0 aliphatic carbocycles. The van der Waals surface area contributed by atoms with Crippen molar-refractivity contribution in [3.63, 3.8) is 0 Å². The molecule has 0 radical (unpaired) electrons. The summed E-state index contributed by atoms with van der Waals surface area (Å²) in [5.74, 6) is 0.885. The Kier molecular flexibility index (Phi) is 7.18. The molecule has 0 bridgehead atoms. The zero-order valence-electron chi connectivity index (χ0n) is 18.4. The van der Waals surface area contributed by atoms with Gasteiger partial charge in [-0.25, -0.2) is 0 Å². The molecule has 0 fully saturated rings. The molecule has 0 amide bonds. The highest BCUT2D eigenvalue weighted by Gasteiger charge is 2.27. The first kappa shape index (κ1) is 21.4. The molecule has 0 aromatic heterocycles. The van der Waals surface area contributed by atoms with E-state index in [0.29, 0.717) is 19.3 Å². The van der Waals surface area contributed by atoms with E-state index in [4.69, 9.17) is 9.47 Å². The summed E-state index contributed by atoms with van der Waals surface area (Å²) in [6.07, 6.45) is 2.39. The SMILES string of the molecule is CCO[C@@H]1CN([C@H](C)c2ccccc2)CC=C1c1ccc(OCc2ccccc2)cc1. The van der Waals surface area contributed by atoms with Crippen LogP contribution in [0.2, 0.25) is 0 Å². The Bertz CT molecular complexity index is 967. The van der Waals surface area contributed by atoms with E-state index in [1.54, 1.807) is 0 Å². The van der Waals surface area contributed by atoms with Crippen molar-refractivity contribution in [2.45, 2.75) is 32.6 Å². The quantitative estimate of drug-likeness (QED) is 0.443. The van der Waals surface area contributed by atoms with E-state index in [9.17, 15) is 0 Å². The van der Waals surface area contributed by atoms with Crippen molar-refractivity contribution in [3.05, 3.63) is 108 Å². The van der Waals surface area contributed by atoms with Crippen LogP contribution in [0.1, 0.15) is 36.6 Å². The van der Waals surface area contributed by atoms with Crippen molar-refractivity contribution in [1.82, 2.24) is 4.90 Å². The second kappa shape index (κ2) is 10.4. The number of hydrogen-bond donors (Lipinski definition) is 0. The third-order valence-electron chi connectivity index (χ3n) is 5.93. The maximum Gasteiger partial charge on any atom is 0.119 e. The Morgan fingerprint density at radius 1 is 0.903 bits per heavy atom. The second-order valence-corrected chi connectivity index (χ2v) is 7.94. The molecule has 3 heteroatoms. The molecule has 3 nitrogen and oxygen atoms in total. The predicted molar refractivity (Wildman–Crippen MR) is 127 cm³/mol. The van der Waals surface area contributed by atoms with E-state index in [1.165, 1.54) is 22.3 Å². The lowest BCUT2D eigenvalue weighted by atomic mass is 9.95. The van der Waals surface area contributed by atoms with Crippen molar-refractivity contribution in [3.8, 4) is 5.75 Å². The number of hydrogen-bond acceptors (Lipinski definition) is 3. The lowest BCUT2D eigenvalue weighted by Crippen LogP contribution is -2.40. The Morgan fingerprint density at radius 2 is 1.58 bits per heavy atom. The Hall–Kier alpha value is -2.88. The van der Waals surface area contributed by atoms with Gasteiger partial charge in [-0.3, -0.25) is 4.90 Å². The highest BCUT2D eigenvalue weighted by atomic mass is 16.5. The molecule has 0 spiro atoms. The third kappa shape index (κ3) is 5.43. The van der Waals surface area contributed by atoms with E-state index in [0.717, 1.165) is 18.8 Å². The normalized spacial score (nSPS) is 17.7. The van der Waals surface area contributed by atoms with Gasteiger partial charge in [0.25, 0.3) is 0 Å². The topological polar surface area (TPSA) is 21.7 Å².